The van der Waals surface area contributed by atoms with Crippen molar-refractivity contribution in [2.75, 3.05) is 13.1 Å². The summed E-state index contributed by atoms with van der Waals surface area (Å²) in [7, 11) is -3.64. The third-order valence-corrected chi connectivity index (χ3v) is 5.87. The largest absolute Gasteiger partial charge is 0.341 e. The monoisotopic (exact) mass is 350 g/mol. The summed E-state index contributed by atoms with van der Waals surface area (Å²) in [6, 6.07) is 4.61. The van der Waals surface area contributed by atoms with Crippen molar-refractivity contribution in [2.45, 2.75) is 36.0 Å². The summed E-state index contributed by atoms with van der Waals surface area (Å²) in [5, 5.41) is -0.854. The SMILES string of the molecule is CC(CC(=O)N1CCC(N)C1)S(=O)(=O)c1ccc(F)cc1.Cl. The number of carbonyl (C=O) groups is 1. The molecular weight excluding hydrogens is 331 g/mol. The zero-order chi connectivity index (χ0) is 15.6. The van der Waals surface area contributed by atoms with Crippen LogP contribution in [0.15, 0.2) is 29.2 Å². The van der Waals surface area contributed by atoms with Crippen molar-refractivity contribution in [3.05, 3.63) is 30.1 Å². The maximum Gasteiger partial charge on any atom is 0.223 e. The third-order valence-electron chi connectivity index (χ3n) is 3.71. The van der Waals surface area contributed by atoms with Crippen LogP contribution in [0.3, 0.4) is 0 Å². The van der Waals surface area contributed by atoms with Crippen LogP contribution < -0.4 is 5.73 Å². The van der Waals surface area contributed by atoms with Crippen LogP contribution in [0.4, 0.5) is 4.39 Å². The van der Waals surface area contributed by atoms with Gasteiger partial charge in [-0.1, -0.05) is 0 Å². The second kappa shape index (κ2) is 7.39. The molecule has 0 bridgehead atoms. The van der Waals surface area contributed by atoms with E-state index in [1.165, 1.54) is 19.1 Å². The first-order valence-corrected chi connectivity index (χ1v) is 8.38. The molecule has 2 N–H and O–H groups in total. The molecule has 1 heterocycles. The third kappa shape index (κ3) is 4.18. The van der Waals surface area contributed by atoms with Crippen molar-refractivity contribution in [2.24, 2.45) is 5.73 Å². The van der Waals surface area contributed by atoms with E-state index in [1.54, 1.807) is 4.90 Å². The van der Waals surface area contributed by atoms with Gasteiger partial charge in [0.1, 0.15) is 5.82 Å². The zero-order valence-electron chi connectivity index (χ0n) is 12.2. The molecule has 2 unspecified atom stereocenters. The summed E-state index contributed by atoms with van der Waals surface area (Å²) in [5.74, 6) is -0.704. The van der Waals surface area contributed by atoms with Crippen molar-refractivity contribution < 1.29 is 17.6 Å². The topological polar surface area (TPSA) is 80.5 Å². The maximum absolute atomic E-state index is 12.9. The van der Waals surface area contributed by atoms with Crippen LogP contribution in [0.5, 0.6) is 0 Å². The fraction of sp³-hybridized carbons (Fsp3) is 0.500. The van der Waals surface area contributed by atoms with Gasteiger partial charge in [0, 0.05) is 25.6 Å². The molecule has 0 saturated carbocycles. The average Bonchev–Trinajstić information content (AvgIpc) is 2.86. The molecule has 0 radical (unpaired) electrons. The Morgan fingerprint density at radius 3 is 2.50 bits per heavy atom. The summed E-state index contributed by atoms with van der Waals surface area (Å²) in [6.07, 6.45) is 0.650. The van der Waals surface area contributed by atoms with E-state index in [-0.39, 0.29) is 35.7 Å². The van der Waals surface area contributed by atoms with E-state index >= 15 is 0 Å². The van der Waals surface area contributed by atoms with Crippen molar-refractivity contribution in [3.63, 3.8) is 0 Å². The van der Waals surface area contributed by atoms with Crippen LogP contribution >= 0.6 is 12.4 Å². The second-order valence-electron chi connectivity index (χ2n) is 5.40. The Morgan fingerprint density at radius 1 is 1.41 bits per heavy atom. The summed E-state index contributed by atoms with van der Waals surface area (Å²) in [5.41, 5.74) is 5.74. The lowest BCUT2D eigenvalue weighted by Gasteiger charge is -2.19. The first-order chi connectivity index (χ1) is 9.80. The maximum atomic E-state index is 12.9. The summed E-state index contributed by atoms with van der Waals surface area (Å²) in [6.45, 7) is 2.54. The second-order valence-corrected chi connectivity index (χ2v) is 7.77. The first-order valence-electron chi connectivity index (χ1n) is 6.83. The van der Waals surface area contributed by atoms with Crippen molar-refractivity contribution in [1.29, 1.82) is 0 Å². The first kappa shape index (κ1) is 18.9. The molecule has 0 spiro atoms. The minimum absolute atomic E-state index is 0. The highest BCUT2D eigenvalue weighted by molar-refractivity contribution is 7.92. The van der Waals surface area contributed by atoms with E-state index in [4.69, 9.17) is 5.73 Å². The van der Waals surface area contributed by atoms with Gasteiger partial charge in [0.05, 0.1) is 10.1 Å². The van der Waals surface area contributed by atoms with Gasteiger partial charge >= 0.3 is 0 Å². The average molecular weight is 351 g/mol. The molecule has 1 aliphatic heterocycles. The highest BCUT2D eigenvalue weighted by Crippen LogP contribution is 2.20. The Kier molecular flexibility index (Phi) is 6.34. The van der Waals surface area contributed by atoms with Crippen LogP contribution in [0.25, 0.3) is 0 Å². The van der Waals surface area contributed by atoms with Gasteiger partial charge in [-0.3, -0.25) is 4.79 Å². The number of amides is 1. The predicted octanol–water partition coefficient (Wildman–Crippen LogP) is 1.36. The zero-order valence-corrected chi connectivity index (χ0v) is 13.9. The summed E-state index contributed by atoms with van der Waals surface area (Å²) in [4.78, 5) is 13.7. The molecule has 8 heteroatoms. The smallest absolute Gasteiger partial charge is 0.223 e. The Morgan fingerprint density at radius 2 is 2.00 bits per heavy atom. The summed E-state index contributed by atoms with van der Waals surface area (Å²) >= 11 is 0. The molecule has 5 nitrogen and oxygen atoms in total. The number of rotatable bonds is 4. The molecule has 1 aromatic carbocycles. The molecule has 22 heavy (non-hydrogen) atoms. The fourth-order valence-corrected chi connectivity index (χ4v) is 3.70. The summed E-state index contributed by atoms with van der Waals surface area (Å²) < 4.78 is 37.5. The molecule has 124 valence electrons. The van der Waals surface area contributed by atoms with Crippen LogP contribution in [0.1, 0.15) is 19.8 Å². The lowest BCUT2D eigenvalue weighted by molar-refractivity contribution is -0.130. The highest BCUT2D eigenvalue weighted by atomic mass is 35.5. The van der Waals surface area contributed by atoms with Gasteiger partial charge in [0.2, 0.25) is 5.91 Å². The Balaban J connectivity index is 0.00000242. The number of nitrogens with zero attached hydrogens (tertiary/aromatic N) is 1. The molecule has 0 aromatic heterocycles. The van der Waals surface area contributed by atoms with Crippen LogP contribution in [0, 0.1) is 5.82 Å². The highest BCUT2D eigenvalue weighted by Gasteiger charge is 2.30. The Labute approximate surface area is 136 Å². The van der Waals surface area contributed by atoms with E-state index in [0.29, 0.717) is 13.1 Å². The molecule has 1 fully saturated rings. The van der Waals surface area contributed by atoms with E-state index in [0.717, 1.165) is 18.6 Å². The predicted molar refractivity (Wildman–Crippen MR) is 84.1 cm³/mol. The molecule has 2 atom stereocenters. The van der Waals surface area contributed by atoms with Gasteiger partial charge in [-0.2, -0.15) is 0 Å². The molecular formula is C14H20ClFN2O3S. The van der Waals surface area contributed by atoms with Crippen molar-refractivity contribution in [1.82, 2.24) is 4.90 Å². The van der Waals surface area contributed by atoms with Gasteiger partial charge in [-0.05, 0) is 37.6 Å². The normalized spacial score (nSPS) is 19.6. The number of sulfone groups is 1. The molecule has 2 rings (SSSR count). The molecule has 1 aromatic rings. The van der Waals surface area contributed by atoms with Gasteiger partial charge in [0.25, 0.3) is 0 Å². The minimum atomic E-state index is -3.64. The van der Waals surface area contributed by atoms with E-state index in [9.17, 15) is 17.6 Å². The minimum Gasteiger partial charge on any atom is -0.341 e. The number of hydrogen-bond acceptors (Lipinski definition) is 4. The van der Waals surface area contributed by atoms with Gasteiger partial charge < -0.3 is 10.6 Å². The van der Waals surface area contributed by atoms with Gasteiger partial charge in [-0.25, -0.2) is 12.8 Å². The van der Waals surface area contributed by atoms with Gasteiger partial charge in [0.15, 0.2) is 9.84 Å². The molecule has 1 amide bonds. The quantitative estimate of drug-likeness (QED) is 0.831. The van der Waals surface area contributed by atoms with Crippen LogP contribution in [-0.4, -0.2) is 43.6 Å². The van der Waals surface area contributed by atoms with E-state index in [2.05, 4.69) is 0 Å². The van der Waals surface area contributed by atoms with Crippen LogP contribution in [-0.2, 0) is 14.6 Å². The standard InChI is InChI=1S/C14H19FN2O3S.ClH/c1-10(8-14(18)17-7-6-12(16)9-17)21(19,20)13-4-2-11(15)3-5-13;/h2-5,10,12H,6-9,16H2,1H3;1H. The number of likely N-dealkylation sites (tertiary alicyclic amines) is 1. The Hall–Kier alpha value is -1.18. The lowest BCUT2D eigenvalue weighted by atomic mass is 10.3. The van der Waals surface area contributed by atoms with Crippen LogP contribution in [0.2, 0.25) is 0 Å². The van der Waals surface area contributed by atoms with E-state index in [1.807, 2.05) is 0 Å². The Bertz CT molecular complexity index is 621. The number of nitrogens with two attached hydrogens (primary N) is 1. The van der Waals surface area contributed by atoms with Crippen molar-refractivity contribution >= 4 is 28.2 Å². The lowest BCUT2D eigenvalue weighted by Crippen LogP contribution is -2.35. The molecule has 1 saturated heterocycles. The van der Waals surface area contributed by atoms with Gasteiger partial charge in [-0.15, -0.1) is 12.4 Å². The van der Waals surface area contributed by atoms with Crippen molar-refractivity contribution in [3.8, 4) is 0 Å². The molecule has 0 aliphatic carbocycles. The fourth-order valence-electron chi connectivity index (χ4n) is 2.36. The molecule has 1 aliphatic rings. The number of benzene rings is 1. The number of halogens is 2. The van der Waals surface area contributed by atoms with E-state index < -0.39 is 20.9 Å². The number of carbonyl (C=O) groups excluding carboxylic acids is 1. The number of hydrogen-bond donors (Lipinski definition) is 1.